The number of nitrogens with zero attached hydrogens (tertiary/aromatic N) is 4. The molecule has 8 nitrogen and oxygen atoms in total. The average molecular weight is 500 g/mol. The highest BCUT2D eigenvalue weighted by Crippen LogP contribution is 2.35. The van der Waals surface area contributed by atoms with Crippen molar-refractivity contribution in [2.24, 2.45) is 4.99 Å². The van der Waals surface area contributed by atoms with E-state index >= 15 is 0 Å². The zero-order chi connectivity index (χ0) is 19.2. The Morgan fingerprint density at radius 2 is 2.11 bits per heavy atom. The third-order valence-electron chi connectivity index (χ3n) is 4.50. The second-order valence-electron chi connectivity index (χ2n) is 6.45. The molecule has 0 radical (unpaired) electrons. The summed E-state index contributed by atoms with van der Waals surface area (Å²) >= 11 is 0. The minimum absolute atomic E-state index is 0. The Bertz CT molecular complexity index is 808. The van der Waals surface area contributed by atoms with Gasteiger partial charge in [-0.25, -0.2) is 0 Å². The van der Waals surface area contributed by atoms with Gasteiger partial charge in [0.25, 0.3) is 0 Å². The second-order valence-corrected chi connectivity index (χ2v) is 6.45. The Labute approximate surface area is 183 Å². The van der Waals surface area contributed by atoms with Gasteiger partial charge in [0, 0.05) is 37.7 Å². The Morgan fingerprint density at radius 1 is 1.32 bits per heavy atom. The van der Waals surface area contributed by atoms with Gasteiger partial charge in [0.05, 0.1) is 13.2 Å². The summed E-state index contributed by atoms with van der Waals surface area (Å²) in [4.78, 5) is 4.28. The van der Waals surface area contributed by atoms with Gasteiger partial charge in [-0.3, -0.25) is 4.99 Å². The first-order chi connectivity index (χ1) is 13.1. The molecule has 2 N–H and O–H groups in total. The monoisotopic (exact) mass is 500 g/mol. The number of aliphatic imine (C=N–C) groups is 1. The first-order valence-corrected chi connectivity index (χ1v) is 9.41. The maximum atomic E-state index is 5.89. The van der Waals surface area contributed by atoms with Crippen LogP contribution in [0.15, 0.2) is 23.5 Å². The predicted molar refractivity (Wildman–Crippen MR) is 120 cm³/mol. The lowest BCUT2D eigenvalue weighted by atomic mass is 10.1. The Hall–Kier alpha value is -2.04. The molecule has 0 bridgehead atoms. The van der Waals surface area contributed by atoms with Crippen molar-refractivity contribution < 1.29 is 9.47 Å². The quantitative estimate of drug-likeness (QED) is 0.345. The fourth-order valence-electron chi connectivity index (χ4n) is 3.15. The lowest BCUT2D eigenvalue weighted by Crippen LogP contribution is -2.37. The number of halogens is 1. The molecule has 1 aliphatic heterocycles. The maximum Gasteiger partial charge on any atom is 0.191 e. The van der Waals surface area contributed by atoms with E-state index in [1.807, 2.05) is 11.5 Å². The van der Waals surface area contributed by atoms with Crippen LogP contribution in [0.5, 0.6) is 11.5 Å². The lowest BCUT2D eigenvalue weighted by Gasteiger charge is -2.15. The number of nitrogens with one attached hydrogen (secondary N) is 2. The molecule has 1 unspecified atom stereocenters. The van der Waals surface area contributed by atoms with Gasteiger partial charge in [0.1, 0.15) is 23.9 Å². The van der Waals surface area contributed by atoms with Crippen molar-refractivity contribution in [1.82, 2.24) is 25.4 Å². The van der Waals surface area contributed by atoms with Crippen LogP contribution in [0, 0.1) is 0 Å². The van der Waals surface area contributed by atoms with Crippen molar-refractivity contribution in [2.45, 2.75) is 52.9 Å². The summed E-state index contributed by atoms with van der Waals surface area (Å²) in [6.45, 7) is 8.74. The Kier molecular flexibility index (Phi) is 8.34. The number of aromatic nitrogens is 3. The first-order valence-electron chi connectivity index (χ1n) is 9.41. The second kappa shape index (κ2) is 10.5. The van der Waals surface area contributed by atoms with E-state index in [1.165, 1.54) is 5.56 Å². The van der Waals surface area contributed by atoms with E-state index in [4.69, 9.17) is 9.47 Å². The van der Waals surface area contributed by atoms with E-state index in [1.54, 1.807) is 13.4 Å². The molecule has 1 aromatic heterocycles. The number of hydrogen-bond donors (Lipinski definition) is 2. The van der Waals surface area contributed by atoms with Crippen LogP contribution in [-0.4, -0.2) is 40.5 Å². The van der Waals surface area contributed by atoms with E-state index in [2.05, 4.69) is 51.8 Å². The highest BCUT2D eigenvalue weighted by Gasteiger charge is 2.22. The molecule has 0 aliphatic carbocycles. The third-order valence-corrected chi connectivity index (χ3v) is 4.50. The summed E-state index contributed by atoms with van der Waals surface area (Å²) in [5.41, 5.74) is 2.25. The van der Waals surface area contributed by atoms with E-state index in [0.717, 1.165) is 35.9 Å². The van der Waals surface area contributed by atoms with Crippen LogP contribution < -0.4 is 20.1 Å². The standard InChI is InChI=1S/C19H28N6O2.HI/c1-5-25-12-23-24-18(25)11-22-19(20-4)21-10-15-9-17-14(7-13(3)27-17)8-16(15)26-6-2;/h8-9,12-13H,5-7,10-11H2,1-4H3,(H2,20,21,22);1H. The summed E-state index contributed by atoms with van der Waals surface area (Å²) in [7, 11) is 1.75. The van der Waals surface area contributed by atoms with Crippen molar-refractivity contribution in [2.75, 3.05) is 13.7 Å². The van der Waals surface area contributed by atoms with E-state index in [-0.39, 0.29) is 30.1 Å². The zero-order valence-electron chi connectivity index (χ0n) is 16.9. The smallest absolute Gasteiger partial charge is 0.191 e. The van der Waals surface area contributed by atoms with Crippen LogP contribution >= 0.6 is 24.0 Å². The molecule has 0 fully saturated rings. The van der Waals surface area contributed by atoms with E-state index in [9.17, 15) is 0 Å². The molecule has 0 amide bonds. The molecular formula is C19H29IN6O2. The predicted octanol–water partition coefficient (Wildman–Crippen LogP) is 2.50. The fourth-order valence-corrected chi connectivity index (χ4v) is 3.15. The molecule has 1 atom stereocenters. The van der Waals surface area contributed by atoms with Crippen molar-refractivity contribution in [1.29, 1.82) is 0 Å². The molecule has 0 saturated carbocycles. The lowest BCUT2D eigenvalue weighted by molar-refractivity contribution is 0.254. The third kappa shape index (κ3) is 5.27. The SMILES string of the molecule is CCOc1cc2c(cc1CNC(=NC)NCc1nncn1CC)OC(C)C2.I. The van der Waals surface area contributed by atoms with Crippen LogP contribution in [0.25, 0.3) is 0 Å². The van der Waals surface area contributed by atoms with Gasteiger partial charge in [-0.1, -0.05) is 0 Å². The van der Waals surface area contributed by atoms with Crippen LogP contribution in [0.4, 0.5) is 0 Å². The number of guanidine groups is 1. The van der Waals surface area contributed by atoms with Gasteiger partial charge >= 0.3 is 0 Å². The minimum Gasteiger partial charge on any atom is -0.494 e. The maximum absolute atomic E-state index is 5.89. The van der Waals surface area contributed by atoms with Crippen molar-refractivity contribution in [3.05, 3.63) is 35.4 Å². The number of aryl methyl sites for hydroxylation is 1. The molecule has 28 heavy (non-hydrogen) atoms. The summed E-state index contributed by atoms with van der Waals surface area (Å²) < 4.78 is 13.7. The molecule has 0 spiro atoms. The van der Waals surface area contributed by atoms with Gasteiger partial charge in [0.2, 0.25) is 0 Å². The van der Waals surface area contributed by atoms with Crippen molar-refractivity contribution in [3.8, 4) is 11.5 Å². The largest absolute Gasteiger partial charge is 0.494 e. The molecule has 1 aliphatic rings. The zero-order valence-corrected chi connectivity index (χ0v) is 19.2. The highest BCUT2D eigenvalue weighted by molar-refractivity contribution is 14.0. The average Bonchev–Trinajstić information content (AvgIpc) is 3.26. The summed E-state index contributed by atoms with van der Waals surface area (Å²) in [6.07, 6.45) is 2.86. The van der Waals surface area contributed by atoms with Gasteiger partial charge in [-0.15, -0.1) is 34.2 Å². The molecule has 2 heterocycles. The van der Waals surface area contributed by atoms with Gasteiger partial charge in [-0.2, -0.15) is 0 Å². The van der Waals surface area contributed by atoms with Crippen LogP contribution in [0.1, 0.15) is 37.7 Å². The highest BCUT2D eigenvalue weighted by atomic mass is 127. The van der Waals surface area contributed by atoms with Crippen molar-refractivity contribution in [3.63, 3.8) is 0 Å². The normalized spacial score (nSPS) is 15.4. The Morgan fingerprint density at radius 3 is 2.82 bits per heavy atom. The number of hydrogen-bond acceptors (Lipinski definition) is 5. The number of fused-ring (bicyclic) bond motifs is 1. The fraction of sp³-hybridized carbons (Fsp3) is 0.526. The molecule has 3 rings (SSSR count). The van der Waals surface area contributed by atoms with Crippen LogP contribution in [-0.2, 0) is 26.1 Å². The number of benzene rings is 1. The molecular weight excluding hydrogens is 471 g/mol. The summed E-state index contributed by atoms with van der Waals surface area (Å²) in [5.74, 6) is 3.40. The molecule has 2 aromatic rings. The topological polar surface area (TPSA) is 85.6 Å². The van der Waals surface area contributed by atoms with Gasteiger partial charge in [-0.05, 0) is 32.9 Å². The Balaban J connectivity index is 0.00000280. The van der Waals surface area contributed by atoms with E-state index in [0.29, 0.717) is 25.7 Å². The van der Waals surface area contributed by atoms with Crippen molar-refractivity contribution >= 4 is 29.9 Å². The van der Waals surface area contributed by atoms with Crippen LogP contribution in [0.3, 0.4) is 0 Å². The summed E-state index contributed by atoms with van der Waals surface area (Å²) in [6, 6.07) is 4.16. The summed E-state index contributed by atoms with van der Waals surface area (Å²) in [5, 5.41) is 14.7. The minimum atomic E-state index is 0. The molecule has 0 saturated heterocycles. The molecule has 1 aromatic carbocycles. The van der Waals surface area contributed by atoms with Gasteiger partial charge < -0.3 is 24.7 Å². The van der Waals surface area contributed by atoms with E-state index < -0.39 is 0 Å². The molecule has 9 heteroatoms. The first kappa shape index (κ1) is 22.3. The van der Waals surface area contributed by atoms with Gasteiger partial charge in [0.15, 0.2) is 11.8 Å². The van der Waals surface area contributed by atoms with Crippen LogP contribution in [0.2, 0.25) is 0 Å². The number of ether oxygens (including phenoxy) is 2. The number of rotatable bonds is 7. The molecule has 154 valence electrons.